The highest BCUT2D eigenvalue weighted by Crippen LogP contribution is 2.04. The topological polar surface area (TPSA) is 89.9 Å². The Morgan fingerprint density at radius 2 is 2.00 bits per heavy atom. The van der Waals surface area contributed by atoms with Crippen LogP contribution in [0.3, 0.4) is 0 Å². The van der Waals surface area contributed by atoms with E-state index < -0.39 is 37.5 Å². The summed E-state index contributed by atoms with van der Waals surface area (Å²) in [7, 11) is 0. The average Bonchev–Trinajstić information content (AvgIpc) is 2.32. The number of aliphatic carboxylic acids is 1. The summed E-state index contributed by atoms with van der Waals surface area (Å²) in [5.41, 5.74) is 0. The minimum Gasteiger partial charge on any atom is -0.481 e. The number of carboxylic acid groups (broad SMARTS) is 1. The van der Waals surface area contributed by atoms with E-state index >= 15 is 0 Å². The standard InChI is InChI=1S/C11H20F2N2O4/c1-8(10(17)18)3-2-4-14-11(19)15(5-6-16)7-9(12)13/h8-9,16H,2-7H2,1H3,(H,14,19)(H,17,18). The van der Waals surface area contributed by atoms with E-state index in [9.17, 15) is 18.4 Å². The van der Waals surface area contributed by atoms with Crippen molar-refractivity contribution in [1.29, 1.82) is 0 Å². The first-order valence-electron chi connectivity index (χ1n) is 6.03. The number of carbonyl (C=O) groups excluding carboxylic acids is 1. The van der Waals surface area contributed by atoms with Crippen LogP contribution in [-0.2, 0) is 4.79 Å². The Hall–Kier alpha value is -1.44. The van der Waals surface area contributed by atoms with Crippen molar-refractivity contribution in [2.24, 2.45) is 5.92 Å². The molecule has 0 heterocycles. The van der Waals surface area contributed by atoms with Crippen molar-refractivity contribution in [3.8, 4) is 0 Å². The second-order valence-corrected chi connectivity index (χ2v) is 4.17. The summed E-state index contributed by atoms with van der Waals surface area (Å²) in [4.78, 5) is 22.9. The molecule has 0 spiro atoms. The smallest absolute Gasteiger partial charge is 0.317 e. The van der Waals surface area contributed by atoms with Crippen molar-refractivity contribution < 1.29 is 28.6 Å². The third kappa shape index (κ3) is 8.30. The summed E-state index contributed by atoms with van der Waals surface area (Å²) < 4.78 is 24.4. The van der Waals surface area contributed by atoms with Gasteiger partial charge in [-0.25, -0.2) is 13.6 Å². The summed E-state index contributed by atoms with van der Waals surface area (Å²) in [6.07, 6.45) is -1.82. The molecule has 0 fully saturated rings. The van der Waals surface area contributed by atoms with Crippen molar-refractivity contribution in [2.45, 2.75) is 26.2 Å². The number of nitrogens with zero attached hydrogens (tertiary/aromatic N) is 1. The molecule has 0 saturated carbocycles. The van der Waals surface area contributed by atoms with E-state index in [0.29, 0.717) is 12.8 Å². The molecule has 0 radical (unpaired) electrons. The van der Waals surface area contributed by atoms with Gasteiger partial charge in [0.1, 0.15) is 0 Å². The first-order chi connectivity index (χ1) is 8.88. The second-order valence-electron chi connectivity index (χ2n) is 4.17. The maximum atomic E-state index is 12.2. The van der Waals surface area contributed by atoms with Gasteiger partial charge in [-0.15, -0.1) is 0 Å². The Bertz CT molecular complexity index is 290. The number of hydrogen-bond donors (Lipinski definition) is 3. The van der Waals surface area contributed by atoms with Crippen LogP contribution in [-0.4, -0.2) is 59.8 Å². The summed E-state index contributed by atoms with van der Waals surface area (Å²) in [6.45, 7) is 0.469. The Morgan fingerprint density at radius 1 is 1.37 bits per heavy atom. The Balaban J connectivity index is 3.95. The molecule has 1 unspecified atom stereocenters. The quantitative estimate of drug-likeness (QED) is 0.544. The van der Waals surface area contributed by atoms with E-state index in [1.807, 2.05) is 0 Å². The average molecular weight is 282 g/mol. The predicted molar refractivity (Wildman–Crippen MR) is 64.1 cm³/mol. The lowest BCUT2D eigenvalue weighted by Crippen LogP contribution is -2.44. The lowest BCUT2D eigenvalue weighted by Gasteiger charge is -2.21. The highest BCUT2D eigenvalue weighted by atomic mass is 19.3. The van der Waals surface area contributed by atoms with Crippen molar-refractivity contribution in [1.82, 2.24) is 10.2 Å². The molecule has 0 bridgehead atoms. The largest absolute Gasteiger partial charge is 0.481 e. The number of hydrogen-bond acceptors (Lipinski definition) is 3. The van der Waals surface area contributed by atoms with Crippen LogP contribution in [0.15, 0.2) is 0 Å². The number of carbonyl (C=O) groups is 2. The minimum absolute atomic E-state index is 0.165. The molecular weight excluding hydrogens is 262 g/mol. The van der Waals surface area contributed by atoms with Crippen LogP contribution >= 0.6 is 0 Å². The van der Waals surface area contributed by atoms with Crippen molar-refractivity contribution in [3.05, 3.63) is 0 Å². The number of alkyl halides is 2. The van der Waals surface area contributed by atoms with Gasteiger partial charge >= 0.3 is 12.0 Å². The van der Waals surface area contributed by atoms with Gasteiger partial charge in [-0.2, -0.15) is 0 Å². The van der Waals surface area contributed by atoms with Crippen LogP contribution in [0.2, 0.25) is 0 Å². The van der Waals surface area contributed by atoms with Gasteiger partial charge < -0.3 is 20.4 Å². The van der Waals surface area contributed by atoms with Gasteiger partial charge in [0.05, 0.1) is 19.1 Å². The highest BCUT2D eigenvalue weighted by molar-refractivity contribution is 5.74. The fraction of sp³-hybridized carbons (Fsp3) is 0.818. The fourth-order valence-corrected chi connectivity index (χ4v) is 1.40. The van der Waals surface area contributed by atoms with Crippen LogP contribution < -0.4 is 5.32 Å². The molecule has 0 saturated heterocycles. The third-order valence-electron chi connectivity index (χ3n) is 2.53. The summed E-state index contributed by atoms with van der Waals surface area (Å²) >= 11 is 0. The van der Waals surface area contributed by atoms with E-state index in [4.69, 9.17) is 10.2 Å². The number of urea groups is 1. The van der Waals surface area contributed by atoms with E-state index in [2.05, 4.69) is 5.32 Å². The second kappa shape index (κ2) is 9.48. The fourth-order valence-electron chi connectivity index (χ4n) is 1.40. The Morgan fingerprint density at radius 3 is 2.47 bits per heavy atom. The predicted octanol–water partition coefficient (Wildman–Crippen LogP) is 0.756. The SMILES string of the molecule is CC(CCCNC(=O)N(CCO)CC(F)F)C(=O)O. The van der Waals surface area contributed by atoms with Crippen LogP contribution in [0, 0.1) is 5.92 Å². The van der Waals surface area contributed by atoms with Crippen LogP contribution in [0.5, 0.6) is 0 Å². The Kier molecular flexibility index (Phi) is 8.77. The van der Waals surface area contributed by atoms with Crippen molar-refractivity contribution >= 4 is 12.0 Å². The van der Waals surface area contributed by atoms with E-state index in [0.717, 1.165) is 4.90 Å². The van der Waals surface area contributed by atoms with Crippen molar-refractivity contribution in [3.63, 3.8) is 0 Å². The zero-order chi connectivity index (χ0) is 14.8. The van der Waals surface area contributed by atoms with E-state index in [-0.39, 0.29) is 13.1 Å². The molecule has 6 nitrogen and oxygen atoms in total. The molecule has 2 amide bonds. The highest BCUT2D eigenvalue weighted by Gasteiger charge is 2.17. The summed E-state index contributed by atoms with van der Waals surface area (Å²) in [5, 5.41) is 19.7. The number of aliphatic hydroxyl groups is 1. The maximum Gasteiger partial charge on any atom is 0.317 e. The van der Waals surface area contributed by atoms with Crippen LogP contribution in [0.1, 0.15) is 19.8 Å². The molecule has 0 aliphatic heterocycles. The molecule has 0 aromatic heterocycles. The minimum atomic E-state index is -2.66. The molecule has 0 aliphatic rings. The van der Waals surface area contributed by atoms with E-state index in [1.165, 1.54) is 0 Å². The normalized spacial score (nSPS) is 12.3. The molecule has 0 rings (SSSR count). The summed E-state index contributed by atoms with van der Waals surface area (Å²) in [6, 6.07) is -0.683. The number of carboxylic acids is 1. The van der Waals surface area contributed by atoms with Gasteiger partial charge in [0.15, 0.2) is 0 Å². The first kappa shape index (κ1) is 17.6. The van der Waals surface area contributed by atoms with Crippen molar-refractivity contribution in [2.75, 3.05) is 26.2 Å². The Labute approximate surface area is 110 Å². The van der Waals surface area contributed by atoms with Gasteiger partial charge in [0.25, 0.3) is 6.43 Å². The third-order valence-corrected chi connectivity index (χ3v) is 2.53. The van der Waals surface area contributed by atoms with Gasteiger partial charge in [-0.05, 0) is 12.8 Å². The zero-order valence-corrected chi connectivity index (χ0v) is 10.8. The lowest BCUT2D eigenvalue weighted by atomic mass is 10.1. The molecule has 19 heavy (non-hydrogen) atoms. The number of rotatable bonds is 9. The number of halogens is 2. The molecule has 0 aliphatic carbocycles. The molecule has 0 aromatic carbocycles. The lowest BCUT2D eigenvalue weighted by molar-refractivity contribution is -0.141. The molecular formula is C11H20F2N2O4. The molecule has 8 heteroatoms. The van der Waals surface area contributed by atoms with Crippen LogP contribution in [0.25, 0.3) is 0 Å². The number of nitrogens with one attached hydrogen (secondary N) is 1. The van der Waals surface area contributed by atoms with Gasteiger partial charge in [0, 0.05) is 13.1 Å². The van der Waals surface area contributed by atoms with Crippen LogP contribution in [0.4, 0.5) is 13.6 Å². The maximum absolute atomic E-state index is 12.2. The van der Waals surface area contributed by atoms with Gasteiger partial charge in [-0.1, -0.05) is 6.92 Å². The van der Waals surface area contributed by atoms with Gasteiger partial charge in [-0.3, -0.25) is 4.79 Å². The molecule has 0 aromatic rings. The summed E-state index contributed by atoms with van der Waals surface area (Å²) in [5.74, 6) is -1.42. The number of aliphatic hydroxyl groups excluding tert-OH is 1. The molecule has 1 atom stereocenters. The van der Waals surface area contributed by atoms with E-state index in [1.54, 1.807) is 6.92 Å². The monoisotopic (exact) mass is 282 g/mol. The molecule has 3 N–H and O–H groups in total. The number of amides is 2. The molecule has 112 valence electrons. The first-order valence-corrected chi connectivity index (χ1v) is 6.03. The zero-order valence-electron chi connectivity index (χ0n) is 10.8. The van der Waals surface area contributed by atoms with Gasteiger partial charge in [0.2, 0.25) is 0 Å².